The molecule has 0 unspecified atom stereocenters. The summed E-state index contributed by atoms with van der Waals surface area (Å²) in [5.41, 5.74) is 5.12. The summed E-state index contributed by atoms with van der Waals surface area (Å²) in [6.45, 7) is 10.8. The molecule has 1 heteroatoms. The minimum atomic E-state index is 0.508. The van der Waals surface area contributed by atoms with Gasteiger partial charge in [0.25, 0.3) is 0 Å². The molecule has 0 bridgehead atoms. The lowest BCUT2D eigenvalue weighted by atomic mass is 10.0. The molecule has 0 spiro atoms. The molecule has 1 nitrogen and oxygen atoms in total. The summed E-state index contributed by atoms with van der Waals surface area (Å²) in [5.74, 6) is 0.508. The van der Waals surface area contributed by atoms with E-state index >= 15 is 0 Å². The SMILES string of the molecule is CC/C=C(/C)c1cnc(C(C)C)cc1C. The predicted octanol–water partition coefficient (Wildman–Crippen LogP) is 4.33. The Kier molecular flexibility index (Phi) is 4.07. The largest absolute Gasteiger partial charge is 0.260 e. The lowest BCUT2D eigenvalue weighted by Gasteiger charge is -2.10. The Bertz CT molecular complexity index is 362. The van der Waals surface area contributed by atoms with Gasteiger partial charge in [0, 0.05) is 11.9 Å². The summed E-state index contributed by atoms with van der Waals surface area (Å²) in [6, 6.07) is 2.20. The van der Waals surface area contributed by atoms with E-state index in [1.165, 1.54) is 22.4 Å². The molecule has 1 heterocycles. The zero-order valence-corrected chi connectivity index (χ0v) is 10.5. The van der Waals surface area contributed by atoms with Gasteiger partial charge in [-0.1, -0.05) is 26.8 Å². The molecule has 0 aromatic carbocycles. The molecule has 0 N–H and O–H groups in total. The molecule has 0 radical (unpaired) electrons. The van der Waals surface area contributed by atoms with Gasteiger partial charge < -0.3 is 0 Å². The molecule has 0 aliphatic heterocycles. The van der Waals surface area contributed by atoms with Crippen molar-refractivity contribution in [1.29, 1.82) is 0 Å². The maximum absolute atomic E-state index is 4.50. The molecular weight excluding hydrogens is 182 g/mol. The fourth-order valence-corrected chi connectivity index (χ4v) is 1.72. The zero-order valence-electron chi connectivity index (χ0n) is 10.5. The van der Waals surface area contributed by atoms with Gasteiger partial charge in [-0.15, -0.1) is 0 Å². The van der Waals surface area contributed by atoms with Crippen molar-refractivity contribution in [2.45, 2.75) is 47.0 Å². The lowest BCUT2D eigenvalue weighted by molar-refractivity contribution is 0.819. The van der Waals surface area contributed by atoms with Crippen molar-refractivity contribution in [3.63, 3.8) is 0 Å². The highest BCUT2D eigenvalue weighted by atomic mass is 14.7. The number of hydrogen-bond donors (Lipinski definition) is 0. The standard InChI is InChI=1S/C14H21N/c1-6-7-11(4)13-9-15-14(10(2)3)8-12(13)5/h7-10H,6H2,1-5H3/b11-7-. The van der Waals surface area contributed by atoms with Crippen LogP contribution in [0.4, 0.5) is 0 Å². The van der Waals surface area contributed by atoms with Crippen LogP contribution in [0.5, 0.6) is 0 Å². The molecule has 0 aliphatic rings. The number of aryl methyl sites for hydroxylation is 1. The predicted molar refractivity (Wildman–Crippen MR) is 67.0 cm³/mol. The number of nitrogens with zero attached hydrogens (tertiary/aromatic N) is 1. The smallest absolute Gasteiger partial charge is 0.0432 e. The summed E-state index contributed by atoms with van der Waals surface area (Å²) >= 11 is 0. The Morgan fingerprint density at radius 1 is 1.47 bits per heavy atom. The van der Waals surface area contributed by atoms with E-state index in [0.29, 0.717) is 5.92 Å². The van der Waals surface area contributed by atoms with E-state index in [1.807, 2.05) is 6.20 Å². The lowest BCUT2D eigenvalue weighted by Crippen LogP contribution is -1.96. The van der Waals surface area contributed by atoms with Crippen molar-refractivity contribution in [1.82, 2.24) is 4.98 Å². The summed E-state index contributed by atoms with van der Waals surface area (Å²) < 4.78 is 0. The quantitative estimate of drug-likeness (QED) is 0.712. The van der Waals surface area contributed by atoms with Gasteiger partial charge in [0.15, 0.2) is 0 Å². The molecule has 82 valence electrons. The topological polar surface area (TPSA) is 12.9 Å². The Balaban J connectivity index is 3.08. The number of hydrogen-bond acceptors (Lipinski definition) is 1. The van der Waals surface area contributed by atoms with Gasteiger partial charge in [-0.3, -0.25) is 4.98 Å². The van der Waals surface area contributed by atoms with E-state index < -0.39 is 0 Å². The second-order valence-corrected chi connectivity index (χ2v) is 4.37. The van der Waals surface area contributed by atoms with Crippen LogP contribution in [0.2, 0.25) is 0 Å². The van der Waals surface area contributed by atoms with Crippen molar-refractivity contribution in [2.24, 2.45) is 0 Å². The minimum absolute atomic E-state index is 0.508. The number of allylic oxidation sites excluding steroid dienone is 2. The average molecular weight is 203 g/mol. The highest BCUT2D eigenvalue weighted by molar-refractivity contribution is 5.65. The van der Waals surface area contributed by atoms with E-state index in [2.05, 4.69) is 51.7 Å². The molecule has 0 fully saturated rings. The second-order valence-electron chi connectivity index (χ2n) is 4.37. The molecule has 1 rings (SSSR count). The van der Waals surface area contributed by atoms with Gasteiger partial charge in [-0.25, -0.2) is 0 Å². The first kappa shape index (κ1) is 12.0. The van der Waals surface area contributed by atoms with Crippen LogP contribution in [-0.2, 0) is 0 Å². The fourth-order valence-electron chi connectivity index (χ4n) is 1.72. The highest BCUT2D eigenvalue weighted by Crippen LogP contribution is 2.21. The molecule has 0 atom stereocenters. The van der Waals surface area contributed by atoms with E-state index in [1.54, 1.807) is 0 Å². The monoisotopic (exact) mass is 203 g/mol. The van der Waals surface area contributed by atoms with Crippen molar-refractivity contribution in [3.05, 3.63) is 35.2 Å². The Hall–Kier alpha value is -1.11. The third kappa shape index (κ3) is 2.92. The fraction of sp³-hybridized carbons (Fsp3) is 0.500. The molecule has 0 saturated carbocycles. The molecule has 1 aromatic rings. The first-order valence-electron chi connectivity index (χ1n) is 5.70. The van der Waals surface area contributed by atoms with Gasteiger partial charge in [-0.05, 0) is 49.0 Å². The summed E-state index contributed by atoms with van der Waals surface area (Å²) in [7, 11) is 0. The van der Waals surface area contributed by atoms with Gasteiger partial charge in [0.05, 0.1) is 0 Å². The Morgan fingerprint density at radius 2 is 2.13 bits per heavy atom. The molecule has 1 aromatic heterocycles. The van der Waals surface area contributed by atoms with Crippen LogP contribution < -0.4 is 0 Å². The minimum Gasteiger partial charge on any atom is -0.260 e. The van der Waals surface area contributed by atoms with E-state index in [4.69, 9.17) is 0 Å². The second kappa shape index (κ2) is 5.11. The van der Waals surface area contributed by atoms with E-state index in [9.17, 15) is 0 Å². The third-order valence-corrected chi connectivity index (χ3v) is 2.66. The van der Waals surface area contributed by atoms with Crippen molar-refractivity contribution in [2.75, 3.05) is 0 Å². The Labute approximate surface area is 93.2 Å². The highest BCUT2D eigenvalue weighted by Gasteiger charge is 2.05. The van der Waals surface area contributed by atoms with Crippen molar-refractivity contribution < 1.29 is 0 Å². The average Bonchev–Trinajstić information content (AvgIpc) is 2.17. The van der Waals surface area contributed by atoms with Gasteiger partial charge in [0.2, 0.25) is 0 Å². The summed E-state index contributed by atoms with van der Waals surface area (Å²) in [5, 5.41) is 0. The van der Waals surface area contributed by atoms with Crippen molar-refractivity contribution >= 4 is 5.57 Å². The maximum atomic E-state index is 4.50. The first-order chi connectivity index (χ1) is 7.06. The number of pyridine rings is 1. The number of rotatable bonds is 3. The van der Waals surface area contributed by atoms with Gasteiger partial charge in [-0.2, -0.15) is 0 Å². The van der Waals surface area contributed by atoms with E-state index in [-0.39, 0.29) is 0 Å². The van der Waals surface area contributed by atoms with Crippen LogP contribution in [0.25, 0.3) is 5.57 Å². The molecular formula is C14H21N. The molecule has 0 amide bonds. The Morgan fingerprint density at radius 3 is 2.60 bits per heavy atom. The summed E-state index contributed by atoms with van der Waals surface area (Å²) in [6.07, 6.45) is 5.34. The van der Waals surface area contributed by atoms with Crippen LogP contribution in [-0.4, -0.2) is 4.98 Å². The first-order valence-corrected chi connectivity index (χ1v) is 5.70. The van der Waals surface area contributed by atoms with Crippen LogP contribution in [0, 0.1) is 6.92 Å². The molecule has 15 heavy (non-hydrogen) atoms. The molecule has 0 aliphatic carbocycles. The number of aromatic nitrogens is 1. The van der Waals surface area contributed by atoms with Crippen LogP contribution >= 0.6 is 0 Å². The van der Waals surface area contributed by atoms with Crippen LogP contribution in [0.15, 0.2) is 18.3 Å². The van der Waals surface area contributed by atoms with Crippen molar-refractivity contribution in [3.8, 4) is 0 Å². The van der Waals surface area contributed by atoms with Gasteiger partial charge in [0.1, 0.15) is 0 Å². The van der Waals surface area contributed by atoms with Gasteiger partial charge >= 0.3 is 0 Å². The normalized spacial score (nSPS) is 12.3. The summed E-state index contributed by atoms with van der Waals surface area (Å²) in [4.78, 5) is 4.50. The van der Waals surface area contributed by atoms with Crippen LogP contribution in [0.3, 0.4) is 0 Å². The molecule has 0 saturated heterocycles. The maximum Gasteiger partial charge on any atom is 0.0432 e. The third-order valence-electron chi connectivity index (χ3n) is 2.66. The van der Waals surface area contributed by atoms with Crippen LogP contribution in [0.1, 0.15) is 56.9 Å². The zero-order chi connectivity index (χ0) is 11.4. The van der Waals surface area contributed by atoms with E-state index in [0.717, 1.165) is 6.42 Å².